The highest BCUT2D eigenvalue weighted by Gasteiger charge is 2.03. The van der Waals surface area contributed by atoms with E-state index < -0.39 is 5.56 Å². The number of benzene rings is 1. The number of thioether (sulfide) groups is 1. The lowest BCUT2D eigenvalue weighted by molar-refractivity contribution is 0.624. The Morgan fingerprint density at radius 3 is 3.00 bits per heavy atom. The number of nitriles is 1. The molecule has 1 heterocycles. The molecule has 0 aliphatic rings. The normalized spacial score (nSPS) is 10.0. The van der Waals surface area contributed by atoms with Gasteiger partial charge in [-0.3, -0.25) is 4.79 Å². The third-order valence-corrected chi connectivity index (χ3v) is 3.15. The molecule has 2 aromatic rings. The molecule has 0 bridgehead atoms. The molecule has 90 valence electrons. The Hall–Kier alpha value is -2.13. The molecular formula is C12H8FN3OS. The molecule has 0 saturated heterocycles. The van der Waals surface area contributed by atoms with E-state index in [-0.39, 0.29) is 11.4 Å². The predicted octanol–water partition coefficient (Wildman–Crippen LogP) is 2.07. The van der Waals surface area contributed by atoms with Crippen LogP contribution in [-0.2, 0) is 5.75 Å². The second kappa shape index (κ2) is 5.47. The van der Waals surface area contributed by atoms with Gasteiger partial charge in [0.1, 0.15) is 23.3 Å². The zero-order chi connectivity index (χ0) is 13.0. The number of halogens is 1. The van der Waals surface area contributed by atoms with Crippen LogP contribution in [0.3, 0.4) is 0 Å². The maximum absolute atomic E-state index is 12.9. The van der Waals surface area contributed by atoms with E-state index in [4.69, 9.17) is 5.26 Å². The Bertz CT molecular complexity index is 663. The van der Waals surface area contributed by atoms with E-state index in [1.807, 2.05) is 0 Å². The van der Waals surface area contributed by atoms with Crippen LogP contribution in [0.2, 0.25) is 0 Å². The van der Waals surface area contributed by atoms with E-state index in [1.54, 1.807) is 18.2 Å². The first-order chi connectivity index (χ1) is 8.69. The molecule has 0 aliphatic carbocycles. The van der Waals surface area contributed by atoms with Crippen LogP contribution < -0.4 is 5.56 Å². The van der Waals surface area contributed by atoms with Crippen molar-refractivity contribution in [2.24, 2.45) is 0 Å². The van der Waals surface area contributed by atoms with Crippen LogP contribution in [0, 0.1) is 17.1 Å². The molecule has 0 unspecified atom stereocenters. The smallest absolute Gasteiger partial charge is 0.268 e. The second-order valence-electron chi connectivity index (χ2n) is 3.43. The number of aromatic nitrogens is 2. The summed E-state index contributed by atoms with van der Waals surface area (Å²) in [6, 6.07) is 7.91. The SMILES string of the molecule is N#Cc1cnc(CSc2cccc(F)c2)[nH]c1=O. The van der Waals surface area contributed by atoms with Gasteiger partial charge in [-0.1, -0.05) is 6.07 Å². The summed E-state index contributed by atoms with van der Waals surface area (Å²) in [6.45, 7) is 0. The van der Waals surface area contributed by atoms with Crippen molar-refractivity contribution in [2.75, 3.05) is 0 Å². The number of rotatable bonds is 3. The van der Waals surface area contributed by atoms with Gasteiger partial charge in [0, 0.05) is 4.90 Å². The Labute approximate surface area is 107 Å². The standard InChI is InChI=1S/C12H8FN3OS/c13-9-2-1-3-10(4-9)18-7-11-15-6-8(5-14)12(17)16-11/h1-4,6H,7H2,(H,15,16,17). The lowest BCUT2D eigenvalue weighted by atomic mass is 10.3. The Kier molecular flexibility index (Phi) is 3.75. The van der Waals surface area contributed by atoms with Crippen LogP contribution in [0.5, 0.6) is 0 Å². The van der Waals surface area contributed by atoms with Gasteiger partial charge in [0.05, 0.1) is 11.9 Å². The zero-order valence-corrected chi connectivity index (χ0v) is 10.00. The van der Waals surface area contributed by atoms with Crippen molar-refractivity contribution in [3.63, 3.8) is 0 Å². The summed E-state index contributed by atoms with van der Waals surface area (Å²) in [5, 5.41) is 8.59. The summed E-state index contributed by atoms with van der Waals surface area (Å²) < 4.78 is 12.9. The summed E-state index contributed by atoms with van der Waals surface area (Å²) >= 11 is 1.35. The largest absolute Gasteiger partial charge is 0.309 e. The molecule has 0 radical (unpaired) electrons. The molecular weight excluding hydrogens is 253 g/mol. The van der Waals surface area contributed by atoms with Gasteiger partial charge in [-0.05, 0) is 18.2 Å². The molecule has 0 fully saturated rings. The second-order valence-corrected chi connectivity index (χ2v) is 4.48. The molecule has 1 N–H and O–H groups in total. The highest BCUT2D eigenvalue weighted by molar-refractivity contribution is 7.98. The first-order valence-electron chi connectivity index (χ1n) is 5.05. The number of H-pyrrole nitrogens is 1. The highest BCUT2D eigenvalue weighted by atomic mass is 32.2. The first kappa shape index (κ1) is 12.3. The molecule has 0 aliphatic heterocycles. The van der Waals surface area contributed by atoms with E-state index >= 15 is 0 Å². The van der Waals surface area contributed by atoms with Crippen molar-refractivity contribution in [1.82, 2.24) is 9.97 Å². The van der Waals surface area contributed by atoms with Gasteiger partial charge in [0.2, 0.25) is 0 Å². The lowest BCUT2D eigenvalue weighted by Crippen LogP contribution is -2.13. The van der Waals surface area contributed by atoms with Crippen molar-refractivity contribution >= 4 is 11.8 Å². The maximum atomic E-state index is 12.9. The average Bonchev–Trinajstić information content (AvgIpc) is 2.37. The zero-order valence-electron chi connectivity index (χ0n) is 9.18. The Morgan fingerprint density at radius 1 is 1.50 bits per heavy atom. The van der Waals surface area contributed by atoms with Crippen LogP contribution in [0.4, 0.5) is 4.39 Å². The van der Waals surface area contributed by atoms with Crippen molar-refractivity contribution in [3.05, 3.63) is 58.0 Å². The summed E-state index contributed by atoms with van der Waals surface area (Å²) in [4.78, 5) is 18.6. The molecule has 4 nitrogen and oxygen atoms in total. The van der Waals surface area contributed by atoms with Crippen molar-refractivity contribution in [3.8, 4) is 6.07 Å². The number of nitrogens with one attached hydrogen (secondary N) is 1. The summed E-state index contributed by atoms with van der Waals surface area (Å²) in [5.41, 5.74) is -0.475. The van der Waals surface area contributed by atoms with Gasteiger partial charge in [0.25, 0.3) is 5.56 Å². The minimum absolute atomic E-state index is 0.0190. The van der Waals surface area contributed by atoms with Crippen LogP contribution in [-0.4, -0.2) is 9.97 Å². The summed E-state index contributed by atoms with van der Waals surface area (Å²) in [5.74, 6) is 0.555. The van der Waals surface area contributed by atoms with Gasteiger partial charge in [-0.25, -0.2) is 9.37 Å². The highest BCUT2D eigenvalue weighted by Crippen LogP contribution is 2.21. The lowest BCUT2D eigenvalue weighted by Gasteiger charge is -2.01. The fourth-order valence-corrected chi connectivity index (χ4v) is 2.11. The molecule has 18 heavy (non-hydrogen) atoms. The Balaban J connectivity index is 2.09. The molecule has 0 atom stereocenters. The number of aromatic amines is 1. The van der Waals surface area contributed by atoms with E-state index in [9.17, 15) is 9.18 Å². The van der Waals surface area contributed by atoms with Crippen LogP contribution >= 0.6 is 11.8 Å². The van der Waals surface area contributed by atoms with Crippen LogP contribution in [0.15, 0.2) is 40.2 Å². The van der Waals surface area contributed by atoms with Gasteiger partial charge in [-0.2, -0.15) is 5.26 Å². The molecule has 1 aromatic carbocycles. The molecule has 1 aromatic heterocycles. The van der Waals surface area contributed by atoms with E-state index in [0.29, 0.717) is 11.6 Å². The first-order valence-corrected chi connectivity index (χ1v) is 6.04. The van der Waals surface area contributed by atoms with Gasteiger partial charge in [0.15, 0.2) is 0 Å². The molecule has 0 amide bonds. The molecule has 0 spiro atoms. The van der Waals surface area contributed by atoms with Gasteiger partial charge >= 0.3 is 0 Å². The fraction of sp³-hybridized carbons (Fsp3) is 0.0833. The number of hydrogen-bond donors (Lipinski definition) is 1. The maximum Gasteiger partial charge on any atom is 0.268 e. The average molecular weight is 261 g/mol. The minimum atomic E-state index is -0.456. The van der Waals surface area contributed by atoms with Crippen molar-refractivity contribution in [2.45, 2.75) is 10.6 Å². The topological polar surface area (TPSA) is 69.5 Å². The minimum Gasteiger partial charge on any atom is -0.309 e. The quantitative estimate of drug-likeness (QED) is 0.859. The molecule has 2 rings (SSSR count). The van der Waals surface area contributed by atoms with Gasteiger partial charge in [-0.15, -0.1) is 11.8 Å². The Morgan fingerprint density at radius 2 is 2.33 bits per heavy atom. The third-order valence-electron chi connectivity index (χ3n) is 2.14. The van der Waals surface area contributed by atoms with E-state index in [2.05, 4.69) is 9.97 Å². The molecule has 6 heteroatoms. The number of nitrogens with zero attached hydrogens (tertiary/aromatic N) is 2. The predicted molar refractivity (Wildman–Crippen MR) is 65.5 cm³/mol. The van der Waals surface area contributed by atoms with E-state index in [0.717, 1.165) is 4.90 Å². The monoisotopic (exact) mass is 261 g/mol. The van der Waals surface area contributed by atoms with Crippen molar-refractivity contribution < 1.29 is 4.39 Å². The van der Waals surface area contributed by atoms with E-state index in [1.165, 1.54) is 30.1 Å². The summed E-state index contributed by atoms with van der Waals surface area (Å²) in [6.07, 6.45) is 1.24. The van der Waals surface area contributed by atoms with Crippen LogP contribution in [0.25, 0.3) is 0 Å². The van der Waals surface area contributed by atoms with Crippen LogP contribution in [0.1, 0.15) is 11.4 Å². The fourth-order valence-electron chi connectivity index (χ4n) is 1.29. The third kappa shape index (κ3) is 2.96. The van der Waals surface area contributed by atoms with Crippen molar-refractivity contribution in [1.29, 1.82) is 5.26 Å². The summed E-state index contributed by atoms with van der Waals surface area (Å²) in [7, 11) is 0. The number of hydrogen-bond acceptors (Lipinski definition) is 4. The molecule has 0 saturated carbocycles. The van der Waals surface area contributed by atoms with Gasteiger partial charge < -0.3 is 4.98 Å².